The van der Waals surface area contributed by atoms with Crippen molar-refractivity contribution in [2.75, 3.05) is 18.0 Å². The van der Waals surface area contributed by atoms with E-state index < -0.39 is 41.7 Å². The number of cyclic esters (lactones) is 1. The number of halogens is 4. The lowest BCUT2D eigenvalue weighted by Gasteiger charge is -2.29. The normalized spacial score (nSPS) is 27.8. The lowest BCUT2D eigenvalue weighted by Crippen LogP contribution is -2.36. The number of ether oxygens (including phenoxy) is 1. The van der Waals surface area contributed by atoms with Gasteiger partial charge >= 0.3 is 6.09 Å². The first-order chi connectivity index (χ1) is 13.3. The maximum Gasteiger partial charge on any atom is 0.414 e. The number of nitrogens with zero attached hydrogens (tertiary/aromatic N) is 1. The maximum absolute atomic E-state index is 14.6. The number of rotatable bonds is 5. The number of carbonyl (C=O) groups is 1. The fourth-order valence-electron chi connectivity index (χ4n) is 3.53. The van der Waals surface area contributed by atoms with E-state index in [1.54, 1.807) is 0 Å². The Hall–Kier alpha value is -1.94. The van der Waals surface area contributed by atoms with Gasteiger partial charge in [-0.3, -0.25) is 4.90 Å². The van der Waals surface area contributed by atoms with Crippen molar-refractivity contribution in [3.05, 3.63) is 29.6 Å². The summed E-state index contributed by atoms with van der Waals surface area (Å²) < 4.78 is 58.2. The zero-order valence-electron chi connectivity index (χ0n) is 14.8. The van der Waals surface area contributed by atoms with E-state index >= 15 is 0 Å². The first-order valence-corrected chi connectivity index (χ1v) is 9.32. The van der Waals surface area contributed by atoms with E-state index in [1.165, 1.54) is 23.1 Å². The molecular weight excluding hydrogens is 400 g/mol. The van der Waals surface area contributed by atoms with Crippen LogP contribution in [0.4, 0.5) is 28.0 Å². The van der Waals surface area contributed by atoms with E-state index in [0.29, 0.717) is 12.0 Å². The summed E-state index contributed by atoms with van der Waals surface area (Å²) in [7, 11) is 0. The number of hydrogen-bond acceptors (Lipinski definition) is 4. The number of aliphatic hydroxyl groups excluding tert-OH is 1. The molecule has 2 fully saturated rings. The number of nitrogens with one attached hydrogen (secondary N) is 1. The lowest BCUT2D eigenvalue weighted by molar-refractivity contribution is 0.0364. The van der Waals surface area contributed by atoms with Crippen LogP contribution in [0, 0.1) is 5.82 Å². The number of alkyl halides is 3. The second kappa shape index (κ2) is 8.60. The fraction of sp³-hybridized carbons (Fsp3) is 0.556. The standard InChI is InChI=1S/C18H20F4N2O3S/c19-13-6-10(2-3-12(13)9-1-4-15(25)14(20)5-9)24-8-11(27-18(24)26)7-23-17(28)16(21)22/h2-3,6,9,11,14-16,25H,1,4-5,7-8H2,(H,23,28)/t9-,11+,14+,15-/m1/s1. The second-order valence-electron chi connectivity index (χ2n) is 6.96. The molecule has 2 N–H and O–H groups in total. The van der Waals surface area contributed by atoms with E-state index in [9.17, 15) is 27.5 Å². The monoisotopic (exact) mass is 420 g/mol. The minimum absolute atomic E-state index is 0.0426. The van der Waals surface area contributed by atoms with Gasteiger partial charge in [0.15, 0.2) is 0 Å². The van der Waals surface area contributed by atoms with E-state index in [4.69, 9.17) is 4.74 Å². The summed E-state index contributed by atoms with van der Waals surface area (Å²) >= 11 is 4.47. The minimum atomic E-state index is -2.80. The first-order valence-electron chi connectivity index (χ1n) is 8.92. The molecule has 1 saturated heterocycles. The van der Waals surface area contributed by atoms with E-state index in [-0.39, 0.29) is 37.5 Å². The van der Waals surface area contributed by atoms with E-state index in [0.717, 1.165) is 0 Å². The molecule has 0 radical (unpaired) electrons. The van der Waals surface area contributed by atoms with Crippen LogP contribution in [0.3, 0.4) is 0 Å². The highest BCUT2D eigenvalue weighted by molar-refractivity contribution is 7.80. The van der Waals surface area contributed by atoms with Crippen molar-refractivity contribution in [1.82, 2.24) is 5.32 Å². The van der Waals surface area contributed by atoms with Crippen LogP contribution >= 0.6 is 12.2 Å². The number of hydrogen-bond donors (Lipinski definition) is 2. The molecule has 1 amide bonds. The van der Waals surface area contributed by atoms with Crippen LogP contribution in [-0.4, -0.2) is 54.1 Å². The highest BCUT2D eigenvalue weighted by Gasteiger charge is 2.34. The number of aliphatic hydroxyl groups is 1. The van der Waals surface area contributed by atoms with Gasteiger partial charge in [-0.2, -0.15) is 0 Å². The molecule has 3 rings (SSSR count). The maximum atomic E-state index is 14.6. The van der Waals surface area contributed by atoms with Crippen LogP contribution in [-0.2, 0) is 4.74 Å². The van der Waals surface area contributed by atoms with Gasteiger partial charge in [-0.25, -0.2) is 22.4 Å². The third-order valence-corrected chi connectivity index (χ3v) is 5.37. The summed E-state index contributed by atoms with van der Waals surface area (Å²) in [4.78, 5) is 12.6. The lowest BCUT2D eigenvalue weighted by atomic mass is 9.81. The molecule has 1 aliphatic heterocycles. The molecule has 1 saturated carbocycles. The molecule has 0 unspecified atom stereocenters. The summed E-state index contributed by atoms with van der Waals surface area (Å²) in [6.07, 6.45) is -5.84. The van der Waals surface area contributed by atoms with Gasteiger partial charge < -0.3 is 15.2 Å². The van der Waals surface area contributed by atoms with Crippen LogP contribution in [0.1, 0.15) is 30.7 Å². The van der Waals surface area contributed by atoms with Crippen LogP contribution in [0.5, 0.6) is 0 Å². The average Bonchev–Trinajstić information content (AvgIpc) is 3.02. The van der Waals surface area contributed by atoms with Crippen molar-refractivity contribution in [1.29, 1.82) is 0 Å². The van der Waals surface area contributed by atoms with Crippen molar-refractivity contribution < 1.29 is 32.2 Å². The number of benzene rings is 1. The Morgan fingerprint density at radius 3 is 2.79 bits per heavy atom. The van der Waals surface area contributed by atoms with Crippen molar-refractivity contribution in [2.24, 2.45) is 0 Å². The SMILES string of the molecule is O=C1O[C@@H](CNC(=S)C(F)F)CN1c1ccc([C@@H]2CC[C@@H](O)[C@@H](F)C2)c(F)c1. The first kappa shape index (κ1) is 20.8. The molecule has 5 nitrogen and oxygen atoms in total. The molecule has 10 heteroatoms. The minimum Gasteiger partial charge on any atom is -0.442 e. The van der Waals surface area contributed by atoms with Gasteiger partial charge in [-0.15, -0.1) is 0 Å². The van der Waals surface area contributed by atoms with E-state index in [1.807, 2.05) is 0 Å². The van der Waals surface area contributed by atoms with Crippen LogP contribution < -0.4 is 10.2 Å². The Morgan fingerprint density at radius 1 is 1.39 bits per heavy atom. The largest absolute Gasteiger partial charge is 0.442 e. The van der Waals surface area contributed by atoms with Gasteiger partial charge in [-0.05, 0) is 42.9 Å². The van der Waals surface area contributed by atoms with Crippen molar-refractivity contribution in [2.45, 2.75) is 50.0 Å². The number of thiocarbonyl (C=S) groups is 1. The summed E-state index contributed by atoms with van der Waals surface area (Å²) in [5, 5.41) is 11.8. The summed E-state index contributed by atoms with van der Waals surface area (Å²) in [5.74, 6) is -0.912. The Balaban J connectivity index is 1.65. The molecule has 1 aromatic rings. The van der Waals surface area contributed by atoms with Gasteiger partial charge in [0.25, 0.3) is 6.43 Å². The molecule has 28 heavy (non-hydrogen) atoms. The topological polar surface area (TPSA) is 61.8 Å². The predicted molar refractivity (Wildman–Crippen MR) is 98.1 cm³/mol. The van der Waals surface area contributed by atoms with E-state index in [2.05, 4.69) is 17.5 Å². The highest BCUT2D eigenvalue weighted by atomic mass is 32.1. The van der Waals surface area contributed by atoms with Crippen molar-refractivity contribution >= 4 is 29.0 Å². The third kappa shape index (κ3) is 4.54. The molecule has 1 aromatic carbocycles. The summed E-state index contributed by atoms with van der Waals surface area (Å²) in [6, 6.07) is 4.22. The van der Waals surface area contributed by atoms with Gasteiger partial charge in [0.05, 0.1) is 24.9 Å². The summed E-state index contributed by atoms with van der Waals surface area (Å²) in [5.41, 5.74) is 0.601. The van der Waals surface area contributed by atoms with Crippen LogP contribution in [0.25, 0.3) is 0 Å². The Labute approximate surface area is 164 Å². The molecule has 1 aliphatic carbocycles. The van der Waals surface area contributed by atoms with Gasteiger partial charge in [0.2, 0.25) is 0 Å². The molecule has 4 atom stereocenters. The fourth-order valence-corrected chi connectivity index (χ4v) is 3.61. The number of amides is 1. The van der Waals surface area contributed by atoms with Gasteiger partial charge in [0.1, 0.15) is 23.1 Å². The van der Waals surface area contributed by atoms with Gasteiger partial charge in [0, 0.05) is 0 Å². The van der Waals surface area contributed by atoms with Crippen molar-refractivity contribution in [3.63, 3.8) is 0 Å². The third-order valence-electron chi connectivity index (χ3n) is 5.05. The quantitative estimate of drug-likeness (QED) is 0.566. The van der Waals surface area contributed by atoms with Gasteiger partial charge in [-0.1, -0.05) is 18.3 Å². The number of carbonyl (C=O) groups excluding carboxylic acids is 1. The second-order valence-corrected chi connectivity index (χ2v) is 7.40. The van der Waals surface area contributed by atoms with Crippen LogP contribution in [0.2, 0.25) is 0 Å². The highest BCUT2D eigenvalue weighted by Crippen LogP contribution is 2.37. The van der Waals surface area contributed by atoms with Crippen LogP contribution in [0.15, 0.2) is 18.2 Å². The Bertz CT molecular complexity index is 752. The molecule has 154 valence electrons. The predicted octanol–water partition coefficient (Wildman–Crippen LogP) is 3.30. The van der Waals surface area contributed by atoms with Crippen molar-refractivity contribution in [3.8, 4) is 0 Å². The molecule has 1 heterocycles. The smallest absolute Gasteiger partial charge is 0.414 e. The molecule has 0 bridgehead atoms. The molecule has 2 aliphatic rings. The average molecular weight is 420 g/mol. The molecular formula is C18H20F4N2O3S. The Morgan fingerprint density at radius 2 is 2.14 bits per heavy atom. The molecule has 0 aromatic heterocycles. The zero-order valence-corrected chi connectivity index (χ0v) is 15.6. The number of anilines is 1. The zero-order chi connectivity index (χ0) is 20.4. The summed E-state index contributed by atoms with van der Waals surface area (Å²) in [6.45, 7) is -0.0209. The molecule has 0 spiro atoms. The Kier molecular flexibility index (Phi) is 6.39.